The van der Waals surface area contributed by atoms with Gasteiger partial charge in [0.25, 0.3) is 0 Å². The summed E-state index contributed by atoms with van der Waals surface area (Å²) in [6.45, 7) is 14.6. The summed E-state index contributed by atoms with van der Waals surface area (Å²) in [5.41, 5.74) is 3.34. The number of rotatable bonds is 8. The van der Waals surface area contributed by atoms with E-state index in [4.69, 9.17) is 5.26 Å². The van der Waals surface area contributed by atoms with E-state index in [2.05, 4.69) is 51.7 Å². The minimum Gasteiger partial charge on any atom is -0.299 e. The summed E-state index contributed by atoms with van der Waals surface area (Å²) in [4.78, 5) is 2.56. The Labute approximate surface area is 130 Å². The van der Waals surface area contributed by atoms with Crippen molar-refractivity contribution < 1.29 is 0 Å². The summed E-state index contributed by atoms with van der Waals surface area (Å²) in [6.07, 6.45) is 2.49. The first-order valence-corrected chi connectivity index (χ1v) is 8.14. The van der Waals surface area contributed by atoms with Crippen LogP contribution >= 0.6 is 0 Å². The van der Waals surface area contributed by atoms with Crippen LogP contribution in [0.1, 0.15) is 57.2 Å². The standard InChI is InChI=1S/C19H30N2/c1-15(2)8-10-21(11-9-16(3)4)14-19-7-6-18(13-20)12-17(19)5/h6-7,12,15-16H,8-11,14H2,1-5H3. The molecule has 0 N–H and O–H groups in total. The third kappa shape index (κ3) is 6.78. The van der Waals surface area contributed by atoms with Gasteiger partial charge in [0, 0.05) is 6.54 Å². The Morgan fingerprint density at radius 3 is 2.05 bits per heavy atom. The molecular formula is C19H30N2. The quantitative estimate of drug-likeness (QED) is 0.689. The Morgan fingerprint density at radius 2 is 1.62 bits per heavy atom. The van der Waals surface area contributed by atoms with Crippen LogP contribution in [0.4, 0.5) is 0 Å². The van der Waals surface area contributed by atoms with E-state index in [0.717, 1.165) is 37.0 Å². The van der Waals surface area contributed by atoms with Crippen molar-refractivity contribution in [3.05, 3.63) is 34.9 Å². The van der Waals surface area contributed by atoms with E-state index < -0.39 is 0 Å². The maximum absolute atomic E-state index is 8.96. The van der Waals surface area contributed by atoms with Crippen LogP contribution in [0.2, 0.25) is 0 Å². The molecule has 0 radical (unpaired) electrons. The van der Waals surface area contributed by atoms with Crippen LogP contribution < -0.4 is 0 Å². The fraction of sp³-hybridized carbons (Fsp3) is 0.632. The average Bonchev–Trinajstić information content (AvgIpc) is 2.43. The van der Waals surface area contributed by atoms with E-state index in [9.17, 15) is 0 Å². The first kappa shape index (κ1) is 17.7. The Kier molecular flexibility index (Phi) is 7.47. The van der Waals surface area contributed by atoms with Gasteiger partial charge in [-0.2, -0.15) is 5.26 Å². The lowest BCUT2D eigenvalue weighted by Gasteiger charge is -2.25. The van der Waals surface area contributed by atoms with Gasteiger partial charge in [0.2, 0.25) is 0 Å². The Bertz CT molecular complexity index is 457. The molecule has 2 nitrogen and oxygen atoms in total. The summed E-state index contributed by atoms with van der Waals surface area (Å²) in [5.74, 6) is 1.49. The number of nitriles is 1. The van der Waals surface area contributed by atoms with Crippen LogP contribution in [-0.4, -0.2) is 18.0 Å². The molecule has 0 bridgehead atoms. The third-order valence-corrected chi connectivity index (χ3v) is 3.91. The number of aryl methyl sites for hydroxylation is 1. The van der Waals surface area contributed by atoms with E-state index in [1.165, 1.54) is 24.0 Å². The highest BCUT2D eigenvalue weighted by Crippen LogP contribution is 2.15. The monoisotopic (exact) mass is 286 g/mol. The van der Waals surface area contributed by atoms with Crippen molar-refractivity contribution in [2.75, 3.05) is 13.1 Å². The molecule has 0 aliphatic carbocycles. The summed E-state index contributed by atoms with van der Waals surface area (Å²) in [7, 11) is 0. The van der Waals surface area contributed by atoms with Gasteiger partial charge in [0.05, 0.1) is 11.6 Å². The summed E-state index contributed by atoms with van der Waals surface area (Å²) < 4.78 is 0. The maximum atomic E-state index is 8.96. The van der Waals surface area contributed by atoms with Crippen LogP contribution in [0, 0.1) is 30.1 Å². The van der Waals surface area contributed by atoms with Crippen LogP contribution in [-0.2, 0) is 6.54 Å². The van der Waals surface area contributed by atoms with Gasteiger partial charge in [-0.3, -0.25) is 4.90 Å². The molecule has 0 saturated carbocycles. The van der Waals surface area contributed by atoms with E-state index in [0.29, 0.717) is 0 Å². The first-order chi connectivity index (χ1) is 9.92. The molecule has 0 fully saturated rings. The van der Waals surface area contributed by atoms with Crippen LogP contribution in [0.3, 0.4) is 0 Å². The van der Waals surface area contributed by atoms with Crippen LogP contribution in [0.25, 0.3) is 0 Å². The largest absolute Gasteiger partial charge is 0.299 e. The van der Waals surface area contributed by atoms with Gasteiger partial charge in [-0.15, -0.1) is 0 Å². The van der Waals surface area contributed by atoms with E-state index in [1.54, 1.807) is 0 Å². The molecule has 2 heteroatoms. The molecule has 0 saturated heterocycles. The topological polar surface area (TPSA) is 27.0 Å². The zero-order valence-corrected chi connectivity index (χ0v) is 14.3. The van der Waals surface area contributed by atoms with E-state index in [-0.39, 0.29) is 0 Å². The third-order valence-electron chi connectivity index (χ3n) is 3.91. The predicted molar refractivity (Wildman–Crippen MR) is 90.1 cm³/mol. The fourth-order valence-electron chi connectivity index (χ4n) is 2.34. The van der Waals surface area contributed by atoms with Crippen molar-refractivity contribution in [2.24, 2.45) is 11.8 Å². The molecule has 1 rings (SSSR count). The number of hydrogen-bond acceptors (Lipinski definition) is 2. The molecule has 0 amide bonds. The zero-order chi connectivity index (χ0) is 15.8. The molecule has 0 aliphatic rings. The molecule has 0 unspecified atom stereocenters. The highest BCUT2D eigenvalue weighted by atomic mass is 15.1. The lowest BCUT2D eigenvalue weighted by atomic mass is 10.0. The maximum Gasteiger partial charge on any atom is 0.0991 e. The van der Waals surface area contributed by atoms with Crippen molar-refractivity contribution in [3.8, 4) is 6.07 Å². The number of nitrogens with zero attached hydrogens (tertiary/aromatic N) is 2. The Hall–Kier alpha value is -1.33. The van der Waals surface area contributed by atoms with E-state index in [1.807, 2.05) is 12.1 Å². The lowest BCUT2D eigenvalue weighted by Crippen LogP contribution is -2.27. The first-order valence-electron chi connectivity index (χ1n) is 8.14. The molecule has 116 valence electrons. The highest BCUT2D eigenvalue weighted by Gasteiger charge is 2.10. The SMILES string of the molecule is Cc1cc(C#N)ccc1CN(CCC(C)C)CCC(C)C. The number of benzene rings is 1. The van der Waals surface area contributed by atoms with Gasteiger partial charge in [-0.25, -0.2) is 0 Å². The van der Waals surface area contributed by atoms with Gasteiger partial charge in [0.15, 0.2) is 0 Å². The van der Waals surface area contributed by atoms with Gasteiger partial charge in [-0.05, 0) is 68.0 Å². The molecule has 0 aromatic heterocycles. The smallest absolute Gasteiger partial charge is 0.0991 e. The second-order valence-electron chi connectivity index (χ2n) is 6.89. The zero-order valence-electron chi connectivity index (χ0n) is 14.3. The normalized spacial score (nSPS) is 11.4. The molecule has 0 heterocycles. The minimum absolute atomic E-state index is 0.744. The van der Waals surface area contributed by atoms with Gasteiger partial charge in [-0.1, -0.05) is 33.8 Å². The summed E-state index contributed by atoms with van der Waals surface area (Å²) in [5, 5.41) is 8.96. The van der Waals surface area contributed by atoms with Crippen molar-refractivity contribution in [2.45, 2.75) is 54.0 Å². The molecule has 0 atom stereocenters. The molecule has 21 heavy (non-hydrogen) atoms. The van der Waals surface area contributed by atoms with Crippen molar-refractivity contribution >= 4 is 0 Å². The fourth-order valence-corrected chi connectivity index (χ4v) is 2.34. The molecule has 1 aromatic carbocycles. The Balaban J connectivity index is 2.72. The summed E-state index contributed by atoms with van der Waals surface area (Å²) >= 11 is 0. The molecular weight excluding hydrogens is 256 g/mol. The van der Waals surface area contributed by atoms with Gasteiger partial charge < -0.3 is 0 Å². The highest BCUT2D eigenvalue weighted by molar-refractivity contribution is 5.37. The van der Waals surface area contributed by atoms with E-state index >= 15 is 0 Å². The van der Waals surface area contributed by atoms with Crippen molar-refractivity contribution in [1.29, 1.82) is 5.26 Å². The second kappa shape index (κ2) is 8.85. The molecule has 0 aliphatic heterocycles. The van der Waals surface area contributed by atoms with Gasteiger partial charge >= 0.3 is 0 Å². The number of hydrogen-bond donors (Lipinski definition) is 0. The van der Waals surface area contributed by atoms with Crippen LogP contribution in [0.15, 0.2) is 18.2 Å². The van der Waals surface area contributed by atoms with Crippen molar-refractivity contribution in [1.82, 2.24) is 4.90 Å². The predicted octanol–water partition coefficient (Wildman–Crippen LogP) is 4.76. The molecule has 0 spiro atoms. The lowest BCUT2D eigenvalue weighted by molar-refractivity contribution is 0.235. The average molecular weight is 286 g/mol. The van der Waals surface area contributed by atoms with Gasteiger partial charge in [0.1, 0.15) is 0 Å². The molecule has 1 aromatic rings. The minimum atomic E-state index is 0.744. The second-order valence-corrected chi connectivity index (χ2v) is 6.89. The Morgan fingerprint density at radius 1 is 1.05 bits per heavy atom. The summed E-state index contributed by atoms with van der Waals surface area (Å²) in [6, 6.07) is 8.27. The van der Waals surface area contributed by atoms with Crippen molar-refractivity contribution in [3.63, 3.8) is 0 Å². The van der Waals surface area contributed by atoms with Crippen LogP contribution in [0.5, 0.6) is 0 Å².